The molecule has 3 aliphatic rings. The molecule has 4 heteroatoms. The van der Waals surface area contributed by atoms with E-state index in [1.807, 2.05) is 6.92 Å². The van der Waals surface area contributed by atoms with Gasteiger partial charge in [-0.25, -0.2) is 4.79 Å². The Balaban J connectivity index is 1.85. The van der Waals surface area contributed by atoms with Crippen LogP contribution in [0.5, 0.6) is 0 Å². The van der Waals surface area contributed by atoms with E-state index in [-0.39, 0.29) is 29.7 Å². The lowest BCUT2D eigenvalue weighted by Gasteiger charge is -2.22. The summed E-state index contributed by atoms with van der Waals surface area (Å²) in [5.41, 5.74) is 1.08. The van der Waals surface area contributed by atoms with Crippen LogP contribution in [0.15, 0.2) is 24.3 Å². The number of epoxide rings is 1. The van der Waals surface area contributed by atoms with E-state index in [9.17, 15) is 9.90 Å². The molecule has 104 valence electrons. The molecule has 3 fully saturated rings. The highest BCUT2D eigenvalue weighted by Gasteiger charge is 2.61. The number of ether oxygens (including phenoxy) is 2. The first-order chi connectivity index (χ1) is 8.92. The molecule has 1 N–H and O–H groups in total. The number of carbonyl (C=O) groups excluding carboxylic acids is 1. The lowest BCUT2D eigenvalue weighted by Crippen LogP contribution is -2.30. The number of hydrogen-bond acceptors (Lipinski definition) is 4. The third kappa shape index (κ3) is 2.03. The Labute approximate surface area is 113 Å². The van der Waals surface area contributed by atoms with Crippen LogP contribution in [0.2, 0.25) is 0 Å². The summed E-state index contributed by atoms with van der Waals surface area (Å²) >= 11 is 0. The predicted molar refractivity (Wildman–Crippen MR) is 69.4 cm³/mol. The molecule has 0 amide bonds. The number of aliphatic hydroxyl groups is 1. The number of hydrogen-bond donors (Lipinski definition) is 1. The highest BCUT2D eigenvalue weighted by atomic mass is 16.6. The molecule has 0 radical (unpaired) electrons. The summed E-state index contributed by atoms with van der Waals surface area (Å²) < 4.78 is 11.2. The van der Waals surface area contributed by atoms with Gasteiger partial charge in [-0.15, -0.1) is 0 Å². The average Bonchev–Trinajstić information content (AvgIpc) is 2.96. The van der Waals surface area contributed by atoms with Crippen LogP contribution in [0.1, 0.15) is 32.6 Å². The van der Waals surface area contributed by atoms with Crippen molar-refractivity contribution in [2.24, 2.45) is 5.92 Å². The summed E-state index contributed by atoms with van der Waals surface area (Å²) in [5.74, 6) is -0.320. The zero-order valence-electron chi connectivity index (χ0n) is 11.2. The van der Waals surface area contributed by atoms with E-state index in [0.29, 0.717) is 18.4 Å². The van der Waals surface area contributed by atoms with E-state index < -0.39 is 6.10 Å². The Morgan fingerprint density at radius 3 is 2.84 bits per heavy atom. The number of rotatable bonds is 0. The maximum absolute atomic E-state index is 11.7. The van der Waals surface area contributed by atoms with Gasteiger partial charge in [0.1, 0.15) is 12.2 Å². The summed E-state index contributed by atoms with van der Waals surface area (Å²) in [6.07, 6.45) is 2.09. The van der Waals surface area contributed by atoms with Crippen molar-refractivity contribution < 1.29 is 19.4 Å². The van der Waals surface area contributed by atoms with Gasteiger partial charge >= 0.3 is 5.97 Å². The minimum absolute atomic E-state index is 0.0126. The summed E-state index contributed by atoms with van der Waals surface area (Å²) in [5, 5.41) is 10.0. The fraction of sp³-hybridized carbons (Fsp3) is 0.667. The van der Waals surface area contributed by atoms with Crippen LogP contribution in [-0.4, -0.2) is 35.0 Å². The van der Waals surface area contributed by atoms with Crippen molar-refractivity contribution in [2.75, 3.05) is 0 Å². The van der Waals surface area contributed by atoms with Crippen LogP contribution >= 0.6 is 0 Å². The number of aliphatic hydroxyl groups excluding tert-OH is 1. The lowest BCUT2D eigenvalue weighted by atomic mass is 9.82. The Hall–Kier alpha value is -1.13. The Kier molecular flexibility index (Phi) is 2.84. The highest BCUT2D eigenvalue weighted by molar-refractivity contribution is 5.91. The van der Waals surface area contributed by atoms with Crippen LogP contribution in [0, 0.1) is 5.92 Å². The van der Waals surface area contributed by atoms with Crippen molar-refractivity contribution in [3.8, 4) is 0 Å². The van der Waals surface area contributed by atoms with Crippen LogP contribution in [0.3, 0.4) is 0 Å². The van der Waals surface area contributed by atoms with Gasteiger partial charge in [-0.2, -0.15) is 0 Å². The molecule has 0 bridgehead atoms. The molecule has 2 saturated heterocycles. The third-order valence-corrected chi connectivity index (χ3v) is 4.75. The van der Waals surface area contributed by atoms with Crippen molar-refractivity contribution in [3.63, 3.8) is 0 Å². The number of fused-ring (bicyclic) bond motifs is 3. The first kappa shape index (κ1) is 12.9. The molecule has 2 heterocycles. The second-order valence-corrected chi connectivity index (χ2v) is 6.10. The summed E-state index contributed by atoms with van der Waals surface area (Å²) in [6, 6.07) is 0. The van der Waals surface area contributed by atoms with Gasteiger partial charge in [-0.3, -0.25) is 0 Å². The summed E-state index contributed by atoms with van der Waals surface area (Å²) in [7, 11) is 0. The van der Waals surface area contributed by atoms with Gasteiger partial charge in [-0.1, -0.05) is 13.2 Å². The molecular formula is C15H20O4. The standard InChI is InChI=1S/C15H20O4/c1-8-4-5-10-9(2)14(17)18-12(10)13-15(3,19-13)7-6-11(8)16/h10-13,16H,1-2,4-7H2,3H3. The molecule has 4 nitrogen and oxygen atoms in total. The Morgan fingerprint density at radius 1 is 1.37 bits per heavy atom. The zero-order valence-corrected chi connectivity index (χ0v) is 11.2. The summed E-state index contributed by atoms with van der Waals surface area (Å²) in [6.45, 7) is 9.80. The Bertz CT molecular complexity index is 455. The van der Waals surface area contributed by atoms with Crippen LogP contribution in [0.4, 0.5) is 0 Å². The van der Waals surface area contributed by atoms with Gasteiger partial charge in [-0.05, 0) is 38.2 Å². The fourth-order valence-corrected chi connectivity index (χ4v) is 3.25. The van der Waals surface area contributed by atoms with Gasteiger partial charge in [0.15, 0.2) is 0 Å². The monoisotopic (exact) mass is 264 g/mol. The maximum Gasteiger partial charge on any atom is 0.334 e. The van der Waals surface area contributed by atoms with Crippen molar-refractivity contribution >= 4 is 5.97 Å². The van der Waals surface area contributed by atoms with E-state index in [1.54, 1.807) is 0 Å². The first-order valence-electron chi connectivity index (χ1n) is 6.86. The number of carbonyl (C=O) groups is 1. The number of esters is 1. The van der Waals surface area contributed by atoms with Crippen molar-refractivity contribution in [2.45, 2.75) is 56.5 Å². The van der Waals surface area contributed by atoms with Crippen molar-refractivity contribution in [1.29, 1.82) is 0 Å². The molecule has 1 aliphatic carbocycles. The van der Waals surface area contributed by atoms with Gasteiger partial charge in [0.05, 0.1) is 11.7 Å². The normalized spacial score (nSPS) is 46.3. The van der Waals surface area contributed by atoms with Crippen LogP contribution in [0.25, 0.3) is 0 Å². The molecule has 0 spiro atoms. The topological polar surface area (TPSA) is 59.1 Å². The van der Waals surface area contributed by atoms with Gasteiger partial charge in [0, 0.05) is 11.5 Å². The second kappa shape index (κ2) is 4.18. The molecule has 19 heavy (non-hydrogen) atoms. The van der Waals surface area contributed by atoms with E-state index in [1.165, 1.54) is 0 Å². The van der Waals surface area contributed by atoms with Gasteiger partial charge in [0.25, 0.3) is 0 Å². The highest BCUT2D eigenvalue weighted by Crippen LogP contribution is 2.50. The minimum Gasteiger partial charge on any atom is -0.455 e. The second-order valence-electron chi connectivity index (χ2n) is 6.10. The molecule has 5 unspecified atom stereocenters. The minimum atomic E-state index is -0.482. The quantitative estimate of drug-likeness (QED) is 0.313. The van der Waals surface area contributed by atoms with Gasteiger partial charge in [0.2, 0.25) is 0 Å². The molecule has 0 aromatic rings. The zero-order chi connectivity index (χ0) is 13.8. The van der Waals surface area contributed by atoms with E-state index in [2.05, 4.69) is 13.2 Å². The summed E-state index contributed by atoms with van der Waals surface area (Å²) in [4.78, 5) is 11.7. The average molecular weight is 264 g/mol. The molecule has 5 atom stereocenters. The van der Waals surface area contributed by atoms with E-state index in [0.717, 1.165) is 18.4 Å². The van der Waals surface area contributed by atoms with Crippen LogP contribution in [-0.2, 0) is 14.3 Å². The molecule has 2 aliphatic heterocycles. The molecule has 0 aromatic heterocycles. The van der Waals surface area contributed by atoms with Crippen molar-refractivity contribution in [3.05, 3.63) is 24.3 Å². The molecular weight excluding hydrogens is 244 g/mol. The molecule has 1 saturated carbocycles. The Morgan fingerprint density at radius 2 is 2.11 bits per heavy atom. The molecule has 3 rings (SSSR count). The van der Waals surface area contributed by atoms with Crippen LogP contribution < -0.4 is 0 Å². The molecule has 0 aromatic carbocycles. The van der Waals surface area contributed by atoms with E-state index >= 15 is 0 Å². The lowest BCUT2D eigenvalue weighted by molar-refractivity contribution is -0.140. The third-order valence-electron chi connectivity index (χ3n) is 4.75. The van der Waals surface area contributed by atoms with E-state index in [4.69, 9.17) is 9.47 Å². The fourth-order valence-electron chi connectivity index (χ4n) is 3.25. The van der Waals surface area contributed by atoms with Gasteiger partial charge < -0.3 is 14.6 Å². The predicted octanol–water partition coefficient (Wildman–Crippen LogP) is 1.73. The largest absolute Gasteiger partial charge is 0.455 e. The van der Waals surface area contributed by atoms with Crippen molar-refractivity contribution in [1.82, 2.24) is 0 Å². The smallest absolute Gasteiger partial charge is 0.334 e. The SMILES string of the molecule is C=C1CCC2C(=C)C(=O)OC2C2OC2(C)CCC1O. The first-order valence-corrected chi connectivity index (χ1v) is 6.86. The maximum atomic E-state index is 11.7.